The molecule has 0 atom stereocenters. The van der Waals surface area contributed by atoms with Crippen molar-refractivity contribution in [2.45, 2.75) is 0 Å². The molecule has 1 N–H and O–H groups in total. The maximum Gasteiger partial charge on any atom is 0.228 e. The van der Waals surface area contributed by atoms with Crippen molar-refractivity contribution in [3.8, 4) is 11.5 Å². The van der Waals surface area contributed by atoms with Crippen molar-refractivity contribution in [1.82, 2.24) is 0 Å². The van der Waals surface area contributed by atoms with Gasteiger partial charge in [-0.05, 0) is 34.9 Å². The lowest BCUT2D eigenvalue weighted by Crippen LogP contribution is -2.13. The van der Waals surface area contributed by atoms with Crippen LogP contribution in [0.25, 0.3) is 22.4 Å². The highest BCUT2D eigenvalue weighted by molar-refractivity contribution is 6.25. The highest BCUT2D eigenvalue weighted by Gasteiger charge is 2.28. The molecular weight excluding hydrogens is 316 g/mol. The minimum Gasteiger partial charge on any atom is -0.504 e. The van der Waals surface area contributed by atoms with Crippen LogP contribution in [-0.4, -0.2) is 25.1 Å². The summed E-state index contributed by atoms with van der Waals surface area (Å²) in [6.45, 7) is 7.70. The molecule has 0 heterocycles. The number of carbonyl (C=O) groups is 1. The maximum atomic E-state index is 12.9. The van der Waals surface area contributed by atoms with Gasteiger partial charge in [-0.1, -0.05) is 37.5 Å². The zero-order valence-electron chi connectivity index (χ0n) is 14.1. The Morgan fingerprint density at radius 1 is 1.24 bits per heavy atom. The van der Waals surface area contributed by atoms with Crippen molar-refractivity contribution in [2.24, 2.45) is 0 Å². The van der Waals surface area contributed by atoms with Crippen LogP contribution in [0.4, 0.5) is 0 Å². The number of benzene rings is 2. The van der Waals surface area contributed by atoms with Gasteiger partial charge in [0.2, 0.25) is 5.78 Å². The number of rotatable bonds is 5. The van der Waals surface area contributed by atoms with Crippen molar-refractivity contribution in [1.29, 1.82) is 0 Å². The zero-order chi connectivity index (χ0) is 18.1. The molecule has 3 rings (SSSR count). The van der Waals surface area contributed by atoms with Gasteiger partial charge in [-0.3, -0.25) is 4.79 Å². The molecule has 1 aliphatic rings. The Bertz CT molecular complexity index is 977. The van der Waals surface area contributed by atoms with Gasteiger partial charge in [0.15, 0.2) is 17.3 Å². The molecule has 2 aromatic rings. The van der Waals surface area contributed by atoms with E-state index >= 15 is 0 Å². The fourth-order valence-electron chi connectivity index (χ4n) is 3.10. The molecule has 0 aliphatic heterocycles. The van der Waals surface area contributed by atoms with Crippen LogP contribution in [0.15, 0.2) is 55.3 Å². The summed E-state index contributed by atoms with van der Waals surface area (Å²) in [7, 11) is 2.93. The maximum absolute atomic E-state index is 12.9. The van der Waals surface area contributed by atoms with E-state index in [2.05, 4.69) is 13.2 Å². The van der Waals surface area contributed by atoms with Crippen LogP contribution in [-0.2, 0) is 4.74 Å². The molecule has 1 aliphatic carbocycles. The van der Waals surface area contributed by atoms with E-state index < -0.39 is 0 Å². The van der Waals surface area contributed by atoms with Crippen LogP contribution in [0.1, 0.15) is 21.5 Å². The molecule has 0 fully saturated rings. The third kappa shape index (κ3) is 2.52. The molecule has 25 heavy (non-hydrogen) atoms. The number of allylic oxidation sites excluding steroid dienone is 5. The Kier molecular flexibility index (Phi) is 4.19. The number of Topliss-reactive ketones (excluding diaryl/α,β-unsaturated/α-hetero) is 1. The molecular formula is C21H18O4. The van der Waals surface area contributed by atoms with Crippen LogP contribution in [0.2, 0.25) is 0 Å². The summed E-state index contributed by atoms with van der Waals surface area (Å²) in [6.07, 6.45) is 6.83. The van der Waals surface area contributed by atoms with E-state index in [0.29, 0.717) is 38.8 Å². The number of aromatic hydroxyl groups is 1. The van der Waals surface area contributed by atoms with Gasteiger partial charge >= 0.3 is 0 Å². The second-order valence-electron chi connectivity index (χ2n) is 5.59. The van der Waals surface area contributed by atoms with Crippen LogP contribution in [0.5, 0.6) is 11.5 Å². The lowest BCUT2D eigenvalue weighted by atomic mass is 9.85. The minimum atomic E-state index is -0.225. The zero-order valence-corrected chi connectivity index (χ0v) is 14.1. The molecule has 0 radical (unpaired) electrons. The molecule has 0 spiro atoms. The number of ether oxygens (including phenoxy) is 2. The summed E-state index contributed by atoms with van der Waals surface area (Å²) in [4.78, 5) is 12.9. The second-order valence-corrected chi connectivity index (χ2v) is 5.59. The van der Waals surface area contributed by atoms with Crippen LogP contribution in [0, 0.1) is 0 Å². The Hall–Kier alpha value is -3.27. The largest absolute Gasteiger partial charge is 0.504 e. The summed E-state index contributed by atoms with van der Waals surface area (Å²) in [6, 6.07) is 5.19. The Balaban J connectivity index is 2.43. The van der Waals surface area contributed by atoms with Crippen molar-refractivity contribution < 1.29 is 19.4 Å². The third-order valence-corrected chi connectivity index (χ3v) is 4.20. The first kappa shape index (κ1) is 16.6. The molecule has 4 heteroatoms. The van der Waals surface area contributed by atoms with E-state index in [4.69, 9.17) is 9.47 Å². The molecule has 4 nitrogen and oxygen atoms in total. The SMILES string of the molecule is C=CC=CC(=C)c1ccc2c(OC)c(O)cc3c2c1C(=O)C(OC)=C3. The first-order valence-electron chi connectivity index (χ1n) is 7.69. The fraction of sp³-hybridized carbons (Fsp3) is 0.0952. The van der Waals surface area contributed by atoms with Crippen LogP contribution in [0.3, 0.4) is 0 Å². The molecule has 0 amide bonds. The van der Waals surface area contributed by atoms with Crippen molar-refractivity contribution in [3.63, 3.8) is 0 Å². The molecule has 0 unspecified atom stereocenters. The number of methoxy groups -OCH3 is 2. The summed E-state index contributed by atoms with van der Waals surface area (Å²) in [5, 5.41) is 11.6. The minimum absolute atomic E-state index is 0.00938. The molecule has 0 aromatic heterocycles. The Morgan fingerprint density at radius 2 is 2.00 bits per heavy atom. The van der Waals surface area contributed by atoms with Crippen molar-refractivity contribution >= 4 is 28.2 Å². The third-order valence-electron chi connectivity index (χ3n) is 4.20. The van der Waals surface area contributed by atoms with E-state index in [1.807, 2.05) is 6.07 Å². The lowest BCUT2D eigenvalue weighted by molar-refractivity contribution is 0.0957. The smallest absolute Gasteiger partial charge is 0.228 e. The summed E-state index contributed by atoms with van der Waals surface area (Å²) < 4.78 is 10.6. The van der Waals surface area contributed by atoms with Gasteiger partial charge < -0.3 is 14.6 Å². The summed E-state index contributed by atoms with van der Waals surface area (Å²) in [5.74, 6) is 0.332. The highest BCUT2D eigenvalue weighted by atomic mass is 16.5. The number of ketones is 1. The van der Waals surface area contributed by atoms with Gasteiger partial charge in [0, 0.05) is 16.3 Å². The molecule has 2 aromatic carbocycles. The lowest BCUT2D eigenvalue weighted by Gasteiger charge is -2.21. The van der Waals surface area contributed by atoms with Gasteiger partial charge in [0.05, 0.1) is 14.2 Å². The first-order chi connectivity index (χ1) is 12.0. The van der Waals surface area contributed by atoms with E-state index in [-0.39, 0.29) is 17.3 Å². The topological polar surface area (TPSA) is 55.8 Å². The molecule has 0 bridgehead atoms. The predicted molar refractivity (Wildman–Crippen MR) is 99.9 cm³/mol. The fourth-order valence-corrected chi connectivity index (χ4v) is 3.10. The normalized spacial score (nSPS) is 13.0. The average molecular weight is 334 g/mol. The average Bonchev–Trinajstić information content (AvgIpc) is 2.62. The van der Waals surface area contributed by atoms with Crippen LogP contribution >= 0.6 is 0 Å². The highest BCUT2D eigenvalue weighted by Crippen LogP contribution is 2.44. The first-order valence-corrected chi connectivity index (χ1v) is 7.69. The summed E-state index contributed by atoms with van der Waals surface area (Å²) in [5.41, 5.74) is 2.57. The van der Waals surface area contributed by atoms with E-state index in [9.17, 15) is 9.90 Å². The van der Waals surface area contributed by atoms with Gasteiger partial charge in [-0.15, -0.1) is 0 Å². The monoisotopic (exact) mass is 334 g/mol. The standard InChI is InChI=1S/C21H18O4/c1-5-6-7-12(2)14-8-9-15-18-13(10-16(22)21(15)25-4)11-17(24-3)20(23)19(14)18/h5-11,22H,1-2H2,3-4H3. The Labute approximate surface area is 146 Å². The number of hydrogen-bond acceptors (Lipinski definition) is 4. The van der Waals surface area contributed by atoms with E-state index in [1.54, 1.807) is 36.4 Å². The van der Waals surface area contributed by atoms with E-state index in [1.165, 1.54) is 14.2 Å². The number of hydrogen-bond donors (Lipinski definition) is 1. The second kappa shape index (κ2) is 6.32. The number of carbonyl (C=O) groups excluding carboxylic acids is 1. The Morgan fingerprint density at radius 3 is 2.64 bits per heavy atom. The molecule has 126 valence electrons. The van der Waals surface area contributed by atoms with Crippen molar-refractivity contribution in [3.05, 3.63) is 72.0 Å². The van der Waals surface area contributed by atoms with Gasteiger partial charge in [0.1, 0.15) is 0 Å². The van der Waals surface area contributed by atoms with Gasteiger partial charge in [-0.2, -0.15) is 0 Å². The van der Waals surface area contributed by atoms with E-state index in [0.717, 1.165) is 0 Å². The number of phenolic OH excluding ortho intramolecular Hbond substituents is 1. The predicted octanol–water partition coefficient (Wildman–Crippen LogP) is 4.49. The summed E-state index contributed by atoms with van der Waals surface area (Å²) >= 11 is 0. The molecule has 0 saturated heterocycles. The quantitative estimate of drug-likeness (QED) is 0.818. The molecule has 0 saturated carbocycles. The van der Waals surface area contributed by atoms with Crippen LogP contribution < -0.4 is 4.74 Å². The number of phenols is 1. The van der Waals surface area contributed by atoms with Gasteiger partial charge in [0.25, 0.3) is 0 Å². The van der Waals surface area contributed by atoms with Gasteiger partial charge in [-0.25, -0.2) is 0 Å². The van der Waals surface area contributed by atoms with Crippen molar-refractivity contribution in [2.75, 3.05) is 14.2 Å².